The highest BCUT2D eigenvalue weighted by molar-refractivity contribution is 7.10. The summed E-state index contributed by atoms with van der Waals surface area (Å²) in [6.07, 6.45) is 0. The number of aliphatic imine (C=N–C) groups is 1. The SMILES string of the molecule is CN(C)[C@H](CN=C(N)c1ccccc1)c1cccs1. The van der Waals surface area contributed by atoms with Crippen molar-refractivity contribution in [3.63, 3.8) is 0 Å². The third-order valence-electron chi connectivity index (χ3n) is 3.00. The summed E-state index contributed by atoms with van der Waals surface area (Å²) in [6, 6.07) is 14.4. The number of amidine groups is 1. The zero-order valence-corrected chi connectivity index (χ0v) is 12.1. The summed E-state index contributed by atoms with van der Waals surface area (Å²) in [4.78, 5) is 8.02. The van der Waals surface area contributed by atoms with Crippen LogP contribution >= 0.6 is 11.3 Å². The maximum absolute atomic E-state index is 6.03. The van der Waals surface area contributed by atoms with Crippen molar-refractivity contribution in [2.75, 3.05) is 20.6 Å². The van der Waals surface area contributed by atoms with Gasteiger partial charge in [0.1, 0.15) is 5.84 Å². The van der Waals surface area contributed by atoms with Crippen molar-refractivity contribution >= 4 is 17.2 Å². The van der Waals surface area contributed by atoms with Gasteiger partial charge in [-0.3, -0.25) is 4.99 Å². The Balaban J connectivity index is 2.11. The number of nitrogens with zero attached hydrogens (tertiary/aromatic N) is 2. The average Bonchev–Trinajstić information content (AvgIpc) is 2.93. The molecular weight excluding hydrogens is 254 g/mol. The number of benzene rings is 1. The summed E-state index contributed by atoms with van der Waals surface area (Å²) in [7, 11) is 4.14. The lowest BCUT2D eigenvalue weighted by Gasteiger charge is -2.21. The molecule has 19 heavy (non-hydrogen) atoms. The first-order chi connectivity index (χ1) is 9.18. The zero-order valence-electron chi connectivity index (χ0n) is 11.3. The minimum Gasteiger partial charge on any atom is -0.384 e. The first-order valence-electron chi connectivity index (χ1n) is 6.23. The van der Waals surface area contributed by atoms with Crippen molar-refractivity contribution in [2.45, 2.75) is 6.04 Å². The maximum atomic E-state index is 6.03. The lowest BCUT2D eigenvalue weighted by molar-refractivity contribution is 0.311. The summed E-state index contributed by atoms with van der Waals surface area (Å²) in [5.41, 5.74) is 7.01. The van der Waals surface area contributed by atoms with E-state index >= 15 is 0 Å². The number of hydrogen-bond acceptors (Lipinski definition) is 3. The molecule has 1 heterocycles. The minimum atomic E-state index is 0.280. The largest absolute Gasteiger partial charge is 0.384 e. The predicted molar refractivity (Wildman–Crippen MR) is 82.8 cm³/mol. The van der Waals surface area contributed by atoms with E-state index in [1.54, 1.807) is 11.3 Å². The van der Waals surface area contributed by atoms with Crippen molar-refractivity contribution in [3.05, 3.63) is 58.3 Å². The minimum absolute atomic E-state index is 0.280. The van der Waals surface area contributed by atoms with Gasteiger partial charge in [0.15, 0.2) is 0 Å². The smallest absolute Gasteiger partial charge is 0.125 e. The number of rotatable bonds is 5. The molecule has 0 radical (unpaired) electrons. The fourth-order valence-corrected chi connectivity index (χ4v) is 2.79. The topological polar surface area (TPSA) is 41.6 Å². The van der Waals surface area contributed by atoms with E-state index in [1.807, 2.05) is 30.3 Å². The molecule has 1 aromatic heterocycles. The van der Waals surface area contributed by atoms with E-state index in [0.717, 1.165) is 5.56 Å². The first-order valence-corrected chi connectivity index (χ1v) is 7.11. The molecule has 2 rings (SSSR count). The van der Waals surface area contributed by atoms with Gasteiger partial charge in [-0.15, -0.1) is 11.3 Å². The van der Waals surface area contributed by atoms with Crippen molar-refractivity contribution in [3.8, 4) is 0 Å². The second-order valence-corrected chi connectivity index (χ2v) is 5.57. The molecule has 0 fully saturated rings. The molecule has 1 atom stereocenters. The van der Waals surface area contributed by atoms with E-state index in [4.69, 9.17) is 5.73 Å². The van der Waals surface area contributed by atoms with Gasteiger partial charge in [-0.1, -0.05) is 36.4 Å². The molecule has 2 aromatic rings. The molecule has 4 heteroatoms. The lowest BCUT2D eigenvalue weighted by atomic mass is 10.2. The zero-order chi connectivity index (χ0) is 13.7. The molecule has 3 nitrogen and oxygen atoms in total. The molecule has 0 aliphatic rings. The molecule has 1 aromatic carbocycles. The van der Waals surface area contributed by atoms with Crippen LogP contribution in [-0.4, -0.2) is 31.4 Å². The van der Waals surface area contributed by atoms with Gasteiger partial charge in [-0.2, -0.15) is 0 Å². The third kappa shape index (κ3) is 3.66. The average molecular weight is 273 g/mol. The van der Waals surface area contributed by atoms with E-state index in [1.165, 1.54) is 4.88 Å². The molecule has 0 aliphatic heterocycles. The Labute approximate surface area is 118 Å². The number of nitrogens with two attached hydrogens (primary N) is 1. The van der Waals surface area contributed by atoms with Crippen molar-refractivity contribution < 1.29 is 0 Å². The van der Waals surface area contributed by atoms with Crippen LogP contribution in [0.4, 0.5) is 0 Å². The van der Waals surface area contributed by atoms with Crippen molar-refractivity contribution in [1.29, 1.82) is 0 Å². The van der Waals surface area contributed by atoms with Gasteiger partial charge in [0.2, 0.25) is 0 Å². The van der Waals surface area contributed by atoms with Crippen LogP contribution in [0, 0.1) is 0 Å². The van der Waals surface area contributed by atoms with E-state index in [2.05, 4.69) is 41.5 Å². The van der Waals surface area contributed by atoms with Crippen LogP contribution in [0.15, 0.2) is 52.8 Å². The summed E-state index contributed by atoms with van der Waals surface area (Å²) < 4.78 is 0. The van der Waals surface area contributed by atoms with Crippen LogP contribution in [0.1, 0.15) is 16.5 Å². The second-order valence-electron chi connectivity index (χ2n) is 4.59. The standard InChI is InChI=1S/C15H19N3S/c1-18(2)13(14-9-6-10-19-14)11-17-15(16)12-7-4-3-5-8-12/h3-10,13H,11H2,1-2H3,(H2,16,17)/t13-/m1/s1. The van der Waals surface area contributed by atoms with Gasteiger partial charge < -0.3 is 10.6 Å². The van der Waals surface area contributed by atoms with E-state index < -0.39 is 0 Å². The van der Waals surface area contributed by atoms with Gasteiger partial charge in [0, 0.05) is 10.4 Å². The molecule has 0 unspecified atom stereocenters. The third-order valence-corrected chi connectivity index (χ3v) is 3.97. The predicted octanol–water partition coefficient (Wildman–Crippen LogP) is 2.76. The maximum Gasteiger partial charge on any atom is 0.125 e. The quantitative estimate of drug-likeness (QED) is 0.672. The van der Waals surface area contributed by atoms with Crippen LogP contribution in [0.2, 0.25) is 0 Å². The van der Waals surface area contributed by atoms with Crippen LogP contribution in [0.5, 0.6) is 0 Å². The van der Waals surface area contributed by atoms with Crippen LogP contribution in [0.25, 0.3) is 0 Å². The fraction of sp³-hybridized carbons (Fsp3) is 0.267. The molecule has 100 valence electrons. The van der Waals surface area contributed by atoms with Gasteiger partial charge in [-0.25, -0.2) is 0 Å². The van der Waals surface area contributed by atoms with Gasteiger partial charge in [-0.05, 0) is 25.5 Å². The number of thiophene rings is 1. The lowest BCUT2D eigenvalue weighted by Crippen LogP contribution is -2.23. The second kappa shape index (κ2) is 6.50. The molecule has 0 saturated heterocycles. The number of likely N-dealkylation sites (N-methyl/N-ethyl adjacent to an activating group) is 1. The van der Waals surface area contributed by atoms with Gasteiger partial charge in [0.25, 0.3) is 0 Å². The summed E-state index contributed by atoms with van der Waals surface area (Å²) >= 11 is 1.76. The van der Waals surface area contributed by atoms with Crippen LogP contribution in [0.3, 0.4) is 0 Å². The Hall–Kier alpha value is -1.65. The molecule has 0 amide bonds. The van der Waals surface area contributed by atoms with E-state index in [9.17, 15) is 0 Å². The van der Waals surface area contributed by atoms with Crippen molar-refractivity contribution in [1.82, 2.24) is 4.90 Å². The summed E-state index contributed by atoms with van der Waals surface area (Å²) in [5, 5.41) is 2.09. The summed E-state index contributed by atoms with van der Waals surface area (Å²) in [5.74, 6) is 0.601. The Morgan fingerprint density at radius 3 is 2.53 bits per heavy atom. The van der Waals surface area contributed by atoms with Crippen LogP contribution < -0.4 is 5.73 Å². The molecule has 2 N–H and O–H groups in total. The highest BCUT2D eigenvalue weighted by atomic mass is 32.1. The highest BCUT2D eigenvalue weighted by Gasteiger charge is 2.14. The highest BCUT2D eigenvalue weighted by Crippen LogP contribution is 2.23. The van der Waals surface area contributed by atoms with Gasteiger partial charge in [0.05, 0.1) is 12.6 Å². The molecule has 0 spiro atoms. The monoisotopic (exact) mass is 273 g/mol. The van der Waals surface area contributed by atoms with Crippen molar-refractivity contribution in [2.24, 2.45) is 10.7 Å². The Morgan fingerprint density at radius 2 is 1.95 bits per heavy atom. The molecular formula is C15H19N3S. The molecule has 0 saturated carbocycles. The number of hydrogen-bond donors (Lipinski definition) is 1. The van der Waals surface area contributed by atoms with E-state index in [0.29, 0.717) is 12.4 Å². The molecule has 0 aliphatic carbocycles. The fourth-order valence-electron chi connectivity index (χ4n) is 1.87. The Morgan fingerprint density at radius 1 is 1.21 bits per heavy atom. The molecule has 0 bridgehead atoms. The van der Waals surface area contributed by atoms with Crippen LogP contribution in [-0.2, 0) is 0 Å². The van der Waals surface area contributed by atoms with Gasteiger partial charge >= 0.3 is 0 Å². The Kier molecular flexibility index (Phi) is 4.71. The normalized spacial score (nSPS) is 13.7. The van der Waals surface area contributed by atoms with E-state index in [-0.39, 0.29) is 6.04 Å². The first kappa shape index (κ1) is 13.8. The Bertz CT molecular complexity index is 518. The summed E-state index contributed by atoms with van der Waals surface area (Å²) in [6.45, 7) is 0.675.